The number of carbonyl (C=O) groups is 1. The standard InChI is InChI=1S/C12H17BrN2O4S/c1-19-7-6-15(20(2,17)18)9-12(16)14-11-5-3-4-10(13)8-11/h3-5,8H,6-7,9H2,1-2H3,(H,14,16). The lowest BCUT2D eigenvalue weighted by Gasteiger charge is -2.19. The maximum absolute atomic E-state index is 11.9. The van der Waals surface area contributed by atoms with Crippen LogP contribution in [-0.2, 0) is 19.6 Å². The Bertz CT molecular complexity index is 562. The van der Waals surface area contributed by atoms with Gasteiger partial charge in [0.25, 0.3) is 0 Å². The summed E-state index contributed by atoms with van der Waals surface area (Å²) in [4.78, 5) is 11.9. The SMILES string of the molecule is COCCN(CC(=O)Nc1cccc(Br)c1)S(C)(=O)=O. The molecule has 1 aromatic rings. The number of rotatable bonds is 7. The molecule has 0 radical (unpaired) electrons. The summed E-state index contributed by atoms with van der Waals surface area (Å²) in [6.45, 7) is 0.132. The number of nitrogens with one attached hydrogen (secondary N) is 1. The highest BCUT2D eigenvalue weighted by molar-refractivity contribution is 9.10. The number of ether oxygens (including phenoxy) is 1. The predicted octanol–water partition coefficient (Wildman–Crippen LogP) is 1.30. The first-order valence-corrected chi connectivity index (χ1v) is 8.46. The number of anilines is 1. The fraction of sp³-hybridized carbons (Fsp3) is 0.417. The summed E-state index contributed by atoms with van der Waals surface area (Å²) in [6.07, 6.45) is 1.06. The van der Waals surface area contributed by atoms with E-state index in [4.69, 9.17) is 4.74 Å². The maximum atomic E-state index is 11.9. The Morgan fingerprint density at radius 1 is 1.45 bits per heavy atom. The van der Waals surface area contributed by atoms with E-state index in [2.05, 4.69) is 21.2 Å². The van der Waals surface area contributed by atoms with Gasteiger partial charge in [0.15, 0.2) is 0 Å². The van der Waals surface area contributed by atoms with E-state index < -0.39 is 15.9 Å². The van der Waals surface area contributed by atoms with Gasteiger partial charge in [-0.1, -0.05) is 22.0 Å². The second kappa shape index (κ2) is 7.72. The van der Waals surface area contributed by atoms with E-state index in [0.29, 0.717) is 5.69 Å². The Kier molecular flexibility index (Phi) is 6.60. The first-order chi connectivity index (χ1) is 9.32. The summed E-state index contributed by atoms with van der Waals surface area (Å²) in [6, 6.07) is 7.07. The van der Waals surface area contributed by atoms with E-state index in [1.165, 1.54) is 7.11 Å². The van der Waals surface area contributed by atoms with Crippen molar-refractivity contribution in [3.63, 3.8) is 0 Å². The largest absolute Gasteiger partial charge is 0.383 e. The van der Waals surface area contributed by atoms with Gasteiger partial charge in [-0.3, -0.25) is 4.79 Å². The third kappa shape index (κ3) is 6.00. The summed E-state index contributed by atoms with van der Waals surface area (Å²) in [5.41, 5.74) is 0.601. The second-order valence-electron chi connectivity index (χ2n) is 4.15. The highest BCUT2D eigenvalue weighted by Gasteiger charge is 2.19. The number of amides is 1. The van der Waals surface area contributed by atoms with Gasteiger partial charge in [-0.25, -0.2) is 8.42 Å². The van der Waals surface area contributed by atoms with Crippen molar-refractivity contribution in [1.29, 1.82) is 0 Å². The zero-order valence-electron chi connectivity index (χ0n) is 11.3. The summed E-state index contributed by atoms with van der Waals surface area (Å²) in [7, 11) is -1.98. The number of hydrogen-bond acceptors (Lipinski definition) is 4. The molecule has 1 aromatic carbocycles. The van der Waals surface area contributed by atoms with Crippen LogP contribution in [0.4, 0.5) is 5.69 Å². The number of sulfonamides is 1. The Labute approximate surface area is 127 Å². The van der Waals surface area contributed by atoms with E-state index in [0.717, 1.165) is 15.0 Å². The molecule has 0 saturated carbocycles. The minimum Gasteiger partial charge on any atom is -0.383 e. The van der Waals surface area contributed by atoms with Crippen LogP contribution in [0.2, 0.25) is 0 Å². The van der Waals surface area contributed by atoms with Crippen molar-refractivity contribution < 1.29 is 17.9 Å². The molecule has 0 aliphatic rings. The molecule has 8 heteroatoms. The van der Waals surface area contributed by atoms with Crippen LogP contribution in [0.15, 0.2) is 28.7 Å². The quantitative estimate of drug-likeness (QED) is 0.790. The van der Waals surface area contributed by atoms with Gasteiger partial charge in [-0.15, -0.1) is 0 Å². The van der Waals surface area contributed by atoms with Crippen LogP contribution >= 0.6 is 15.9 Å². The lowest BCUT2D eigenvalue weighted by Crippen LogP contribution is -2.39. The van der Waals surface area contributed by atoms with Gasteiger partial charge >= 0.3 is 0 Å². The molecule has 0 aromatic heterocycles. The van der Waals surface area contributed by atoms with Crippen molar-refractivity contribution >= 4 is 37.5 Å². The monoisotopic (exact) mass is 364 g/mol. The summed E-state index contributed by atoms with van der Waals surface area (Å²) in [5, 5.41) is 2.65. The van der Waals surface area contributed by atoms with Gasteiger partial charge in [-0.05, 0) is 18.2 Å². The third-order valence-corrected chi connectivity index (χ3v) is 4.19. The van der Waals surface area contributed by atoms with E-state index >= 15 is 0 Å². The van der Waals surface area contributed by atoms with Gasteiger partial charge in [-0.2, -0.15) is 4.31 Å². The Hall–Kier alpha value is -0.960. The molecule has 0 aliphatic heterocycles. The van der Waals surface area contributed by atoms with Crippen molar-refractivity contribution in [3.05, 3.63) is 28.7 Å². The molecule has 1 N–H and O–H groups in total. The van der Waals surface area contributed by atoms with Crippen LogP contribution < -0.4 is 5.32 Å². The van der Waals surface area contributed by atoms with Crippen LogP contribution in [0.25, 0.3) is 0 Å². The molecular weight excluding hydrogens is 348 g/mol. The van der Waals surface area contributed by atoms with Gasteiger partial charge in [0.1, 0.15) is 0 Å². The Morgan fingerprint density at radius 3 is 2.70 bits per heavy atom. The lowest BCUT2D eigenvalue weighted by atomic mass is 10.3. The van der Waals surface area contributed by atoms with Crippen molar-refractivity contribution in [2.75, 3.05) is 38.4 Å². The van der Waals surface area contributed by atoms with Gasteiger partial charge in [0.05, 0.1) is 19.4 Å². The molecule has 0 unspecified atom stereocenters. The molecule has 0 bridgehead atoms. The average molecular weight is 365 g/mol. The van der Waals surface area contributed by atoms with E-state index in [1.807, 2.05) is 6.07 Å². The summed E-state index contributed by atoms with van der Waals surface area (Å²) < 4.78 is 29.9. The van der Waals surface area contributed by atoms with E-state index in [-0.39, 0.29) is 19.7 Å². The minimum atomic E-state index is -3.45. The molecule has 0 heterocycles. The molecule has 0 aliphatic carbocycles. The molecule has 1 amide bonds. The van der Waals surface area contributed by atoms with Crippen LogP contribution in [0, 0.1) is 0 Å². The molecule has 0 fully saturated rings. The van der Waals surface area contributed by atoms with Gasteiger partial charge in [0.2, 0.25) is 15.9 Å². The van der Waals surface area contributed by atoms with Crippen molar-refractivity contribution in [3.8, 4) is 0 Å². The number of halogens is 1. The highest BCUT2D eigenvalue weighted by Crippen LogP contribution is 2.15. The number of carbonyl (C=O) groups excluding carboxylic acids is 1. The van der Waals surface area contributed by atoms with Crippen molar-refractivity contribution in [1.82, 2.24) is 4.31 Å². The van der Waals surface area contributed by atoms with Gasteiger partial charge < -0.3 is 10.1 Å². The van der Waals surface area contributed by atoms with Crippen LogP contribution in [-0.4, -0.2) is 51.7 Å². The smallest absolute Gasteiger partial charge is 0.239 e. The molecule has 20 heavy (non-hydrogen) atoms. The van der Waals surface area contributed by atoms with Crippen molar-refractivity contribution in [2.24, 2.45) is 0 Å². The highest BCUT2D eigenvalue weighted by atomic mass is 79.9. The number of nitrogens with zero attached hydrogens (tertiary/aromatic N) is 1. The zero-order chi connectivity index (χ0) is 15.2. The second-order valence-corrected chi connectivity index (χ2v) is 7.05. The number of hydrogen-bond donors (Lipinski definition) is 1. The van der Waals surface area contributed by atoms with E-state index in [1.54, 1.807) is 18.2 Å². The fourth-order valence-electron chi connectivity index (χ4n) is 1.48. The molecular formula is C12H17BrN2O4S. The number of benzene rings is 1. The maximum Gasteiger partial charge on any atom is 0.239 e. The Balaban J connectivity index is 2.67. The van der Waals surface area contributed by atoms with Crippen LogP contribution in [0.3, 0.4) is 0 Å². The normalized spacial score (nSPS) is 11.6. The zero-order valence-corrected chi connectivity index (χ0v) is 13.7. The third-order valence-electron chi connectivity index (χ3n) is 2.44. The van der Waals surface area contributed by atoms with E-state index in [9.17, 15) is 13.2 Å². The molecule has 0 saturated heterocycles. The van der Waals surface area contributed by atoms with Gasteiger partial charge in [0, 0.05) is 23.8 Å². The average Bonchev–Trinajstić information content (AvgIpc) is 2.33. The lowest BCUT2D eigenvalue weighted by molar-refractivity contribution is -0.116. The minimum absolute atomic E-state index is 0.140. The molecule has 0 atom stereocenters. The first kappa shape index (κ1) is 17.1. The predicted molar refractivity (Wildman–Crippen MR) is 81.1 cm³/mol. The molecule has 6 nitrogen and oxygen atoms in total. The molecule has 112 valence electrons. The topological polar surface area (TPSA) is 75.7 Å². The van der Waals surface area contributed by atoms with Crippen LogP contribution in [0.5, 0.6) is 0 Å². The molecule has 0 spiro atoms. The summed E-state index contributed by atoms with van der Waals surface area (Å²) in [5.74, 6) is -0.398. The summed E-state index contributed by atoms with van der Waals surface area (Å²) >= 11 is 3.29. The number of methoxy groups -OCH3 is 1. The molecule has 1 rings (SSSR count). The first-order valence-electron chi connectivity index (χ1n) is 5.82. The Morgan fingerprint density at radius 2 is 2.15 bits per heavy atom. The fourth-order valence-corrected chi connectivity index (χ4v) is 2.64. The van der Waals surface area contributed by atoms with Crippen LogP contribution in [0.1, 0.15) is 0 Å². The van der Waals surface area contributed by atoms with Crippen molar-refractivity contribution in [2.45, 2.75) is 0 Å².